The van der Waals surface area contributed by atoms with Gasteiger partial charge in [0.1, 0.15) is 12.7 Å². The van der Waals surface area contributed by atoms with Gasteiger partial charge in [0.15, 0.2) is 0 Å². The van der Waals surface area contributed by atoms with E-state index in [1.807, 2.05) is 0 Å². The van der Waals surface area contributed by atoms with Crippen molar-refractivity contribution in [3.8, 4) is 0 Å². The minimum absolute atomic E-state index is 0. The van der Waals surface area contributed by atoms with Crippen LogP contribution in [0.1, 0.15) is 25.6 Å². The Kier molecular flexibility index (Phi) is 6.31. The number of imidazole rings is 1. The molecule has 1 aromatic rings. The summed E-state index contributed by atoms with van der Waals surface area (Å²) in [5, 5.41) is 16.9. The van der Waals surface area contributed by atoms with Gasteiger partial charge in [0.2, 0.25) is 11.7 Å². The van der Waals surface area contributed by atoms with Gasteiger partial charge in [-0.3, -0.25) is 9.36 Å². The summed E-state index contributed by atoms with van der Waals surface area (Å²) in [6.45, 7) is 6.44. The Morgan fingerprint density at radius 3 is 2.73 bits per heavy atom. The molecule has 0 radical (unpaired) electrons. The molecule has 22 heavy (non-hydrogen) atoms. The fraction of sp³-hybridized carbons (Fsp3) is 0.692. The number of hydrogen-bond acceptors (Lipinski definition) is 5. The molecule has 0 bridgehead atoms. The first-order chi connectivity index (χ1) is 9.89. The third-order valence-electron chi connectivity index (χ3n) is 3.99. The van der Waals surface area contributed by atoms with Crippen LogP contribution in [0.25, 0.3) is 0 Å². The SMILES string of the molecule is Cc1nc([N+](=O)[O-])cn1CC(=O)NCC1(C)CCNCC1.Cl. The van der Waals surface area contributed by atoms with Crippen molar-refractivity contribution in [3.63, 3.8) is 0 Å². The molecule has 1 fully saturated rings. The highest BCUT2D eigenvalue weighted by atomic mass is 35.5. The normalized spacial score (nSPS) is 16.6. The fourth-order valence-electron chi connectivity index (χ4n) is 2.47. The zero-order chi connectivity index (χ0) is 15.5. The summed E-state index contributed by atoms with van der Waals surface area (Å²) < 4.78 is 1.50. The van der Waals surface area contributed by atoms with Gasteiger partial charge in [-0.2, -0.15) is 0 Å². The Labute approximate surface area is 135 Å². The summed E-state index contributed by atoms with van der Waals surface area (Å²) in [7, 11) is 0. The minimum Gasteiger partial charge on any atom is -0.358 e. The van der Waals surface area contributed by atoms with Crippen LogP contribution in [0.2, 0.25) is 0 Å². The van der Waals surface area contributed by atoms with E-state index < -0.39 is 4.92 Å². The predicted molar refractivity (Wildman–Crippen MR) is 84.1 cm³/mol. The molecule has 2 rings (SSSR count). The molecule has 0 saturated carbocycles. The van der Waals surface area contributed by atoms with Crippen LogP contribution in [0.4, 0.5) is 5.82 Å². The van der Waals surface area contributed by atoms with Crippen LogP contribution in [-0.2, 0) is 11.3 Å². The number of halogens is 1. The van der Waals surface area contributed by atoms with Crippen molar-refractivity contribution in [2.75, 3.05) is 19.6 Å². The first kappa shape index (κ1) is 18.4. The molecule has 8 nitrogen and oxygen atoms in total. The Balaban J connectivity index is 0.00000242. The Bertz CT molecular complexity index is 540. The number of carbonyl (C=O) groups is 1. The number of rotatable bonds is 5. The van der Waals surface area contributed by atoms with Crippen molar-refractivity contribution < 1.29 is 9.72 Å². The van der Waals surface area contributed by atoms with E-state index in [0.29, 0.717) is 12.4 Å². The van der Waals surface area contributed by atoms with Gasteiger partial charge in [-0.1, -0.05) is 6.92 Å². The quantitative estimate of drug-likeness (QED) is 0.619. The number of piperidine rings is 1. The van der Waals surface area contributed by atoms with Crippen LogP contribution < -0.4 is 10.6 Å². The van der Waals surface area contributed by atoms with E-state index in [-0.39, 0.29) is 36.1 Å². The lowest BCUT2D eigenvalue weighted by Gasteiger charge is -2.34. The number of aryl methyl sites for hydroxylation is 1. The van der Waals surface area contributed by atoms with Crippen molar-refractivity contribution in [2.24, 2.45) is 5.41 Å². The van der Waals surface area contributed by atoms with Crippen molar-refractivity contribution in [1.82, 2.24) is 20.2 Å². The van der Waals surface area contributed by atoms with Crippen LogP contribution in [0.5, 0.6) is 0 Å². The predicted octanol–water partition coefficient (Wildman–Crippen LogP) is 1.03. The van der Waals surface area contributed by atoms with Crippen molar-refractivity contribution in [2.45, 2.75) is 33.2 Å². The molecule has 9 heteroatoms. The highest BCUT2D eigenvalue weighted by Gasteiger charge is 2.27. The van der Waals surface area contributed by atoms with Crippen LogP contribution >= 0.6 is 12.4 Å². The van der Waals surface area contributed by atoms with Gasteiger partial charge >= 0.3 is 5.82 Å². The lowest BCUT2D eigenvalue weighted by Crippen LogP contribution is -2.43. The molecule has 124 valence electrons. The molecule has 0 aliphatic carbocycles. The topological polar surface area (TPSA) is 102 Å². The number of aromatic nitrogens is 2. The molecule has 0 aromatic carbocycles. The standard InChI is InChI=1S/C13H21N5O3.ClH/c1-10-16-11(18(20)21)7-17(10)8-12(19)15-9-13(2)3-5-14-6-4-13;/h7,14H,3-6,8-9H2,1-2H3,(H,15,19);1H. The molecule has 1 amide bonds. The summed E-state index contributed by atoms with van der Waals surface area (Å²) in [5.41, 5.74) is 0.122. The van der Waals surface area contributed by atoms with Gasteiger partial charge in [0, 0.05) is 13.5 Å². The lowest BCUT2D eigenvalue weighted by atomic mass is 9.81. The molecule has 0 unspecified atom stereocenters. The second-order valence-corrected chi connectivity index (χ2v) is 5.87. The number of nitro groups is 1. The first-order valence-corrected chi connectivity index (χ1v) is 7.05. The zero-order valence-corrected chi connectivity index (χ0v) is 13.6. The van der Waals surface area contributed by atoms with E-state index in [1.165, 1.54) is 10.8 Å². The van der Waals surface area contributed by atoms with Gasteiger partial charge in [0.25, 0.3) is 0 Å². The molecule has 2 N–H and O–H groups in total. The van der Waals surface area contributed by atoms with Gasteiger partial charge in [0.05, 0.1) is 0 Å². The van der Waals surface area contributed by atoms with Gasteiger partial charge in [-0.15, -0.1) is 12.4 Å². The van der Waals surface area contributed by atoms with Crippen LogP contribution in [0.15, 0.2) is 6.20 Å². The van der Waals surface area contributed by atoms with Crippen LogP contribution in [0, 0.1) is 22.5 Å². The smallest absolute Gasteiger partial charge is 0.358 e. The third-order valence-corrected chi connectivity index (χ3v) is 3.99. The monoisotopic (exact) mass is 331 g/mol. The third kappa shape index (κ3) is 4.67. The number of carbonyl (C=O) groups excluding carboxylic acids is 1. The second-order valence-electron chi connectivity index (χ2n) is 5.87. The summed E-state index contributed by atoms with van der Waals surface area (Å²) in [4.78, 5) is 25.9. The van der Waals surface area contributed by atoms with Gasteiger partial charge < -0.3 is 20.7 Å². The van der Waals surface area contributed by atoms with Crippen LogP contribution in [-0.4, -0.2) is 40.0 Å². The highest BCUT2D eigenvalue weighted by molar-refractivity contribution is 5.85. The minimum atomic E-state index is -0.558. The molecular weight excluding hydrogens is 310 g/mol. The summed E-state index contributed by atoms with van der Waals surface area (Å²) in [6, 6.07) is 0. The van der Waals surface area contributed by atoms with Gasteiger partial charge in [-0.05, 0) is 41.3 Å². The molecule has 1 saturated heterocycles. The number of nitrogens with one attached hydrogen (secondary N) is 2. The second kappa shape index (κ2) is 7.55. The maximum atomic E-state index is 12.0. The molecular formula is C13H22ClN5O3. The number of hydrogen-bond donors (Lipinski definition) is 2. The van der Waals surface area contributed by atoms with Crippen molar-refractivity contribution >= 4 is 24.1 Å². The molecule has 2 heterocycles. The van der Waals surface area contributed by atoms with Crippen molar-refractivity contribution in [1.29, 1.82) is 0 Å². The number of amides is 1. The molecule has 1 aliphatic rings. The average Bonchev–Trinajstić information content (AvgIpc) is 2.79. The molecule has 1 aliphatic heterocycles. The maximum absolute atomic E-state index is 12.0. The van der Waals surface area contributed by atoms with Crippen LogP contribution in [0.3, 0.4) is 0 Å². The van der Waals surface area contributed by atoms with E-state index >= 15 is 0 Å². The summed E-state index contributed by atoms with van der Waals surface area (Å²) in [6.07, 6.45) is 3.35. The van der Waals surface area contributed by atoms with Gasteiger partial charge in [-0.25, -0.2) is 0 Å². The van der Waals surface area contributed by atoms with Crippen molar-refractivity contribution in [3.05, 3.63) is 22.1 Å². The summed E-state index contributed by atoms with van der Waals surface area (Å²) in [5.74, 6) is 0.0840. The average molecular weight is 332 g/mol. The highest BCUT2D eigenvalue weighted by Crippen LogP contribution is 2.26. The zero-order valence-electron chi connectivity index (χ0n) is 12.8. The number of nitrogens with zero attached hydrogens (tertiary/aromatic N) is 3. The largest absolute Gasteiger partial charge is 0.381 e. The first-order valence-electron chi connectivity index (χ1n) is 7.05. The van der Waals surface area contributed by atoms with E-state index in [4.69, 9.17) is 0 Å². The lowest BCUT2D eigenvalue weighted by molar-refractivity contribution is -0.389. The molecule has 0 spiro atoms. The summed E-state index contributed by atoms with van der Waals surface area (Å²) >= 11 is 0. The molecule has 0 atom stereocenters. The Hall–Kier alpha value is -1.67. The van der Waals surface area contributed by atoms with E-state index in [9.17, 15) is 14.9 Å². The molecule has 1 aromatic heterocycles. The van der Waals surface area contributed by atoms with E-state index in [0.717, 1.165) is 25.9 Å². The Morgan fingerprint density at radius 1 is 1.55 bits per heavy atom. The van der Waals surface area contributed by atoms with E-state index in [1.54, 1.807) is 6.92 Å². The Morgan fingerprint density at radius 2 is 2.18 bits per heavy atom. The maximum Gasteiger partial charge on any atom is 0.381 e. The fourth-order valence-corrected chi connectivity index (χ4v) is 2.47. The van der Waals surface area contributed by atoms with E-state index in [2.05, 4.69) is 22.5 Å².